The quantitative estimate of drug-likeness (QED) is 0.585. The number of hydrogen-bond donors (Lipinski definition) is 1. The molecule has 2 amide bonds. The number of aryl methyl sites for hydroxylation is 1. The van der Waals surface area contributed by atoms with Crippen molar-refractivity contribution >= 4 is 35.0 Å². The van der Waals surface area contributed by atoms with Crippen molar-refractivity contribution in [3.05, 3.63) is 68.8 Å². The fourth-order valence-electron chi connectivity index (χ4n) is 4.46. The molecule has 172 valence electrons. The van der Waals surface area contributed by atoms with Crippen LogP contribution in [-0.4, -0.2) is 40.1 Å². The molecule has 0 bridgehead atoms. The van der Waals surface area contributed by atoms with Gasteiger partial charge in [-0.15, -0.1) is 0 Å². The average Bonchev–Trinajstić information content (AvgIpc) is 3.09. The first-order chi connectivity index (χ1) is 15.7. The molecule has 3 aromatic rings. The van der Waals surface area contributed by atoms with Crippen LogP contribution in [0.25, 0.3) is 11.3 Å². The summed E-state index contributed by atoms with van der Waals surface area (Å²) < 4.78 is 7.06. The highest BCUT2D eigenvalue weighted by Crippen LogP contribution is 2.38. The second-order valence-electron chi connectivity index (χ2n) is 8.07. The van der Waals surface area contributed by atoms with Crippen LogP contribution in [0.2, 0.25) is 10.0 Å². The first kappa shape index (κ1) is 23.1. The third-order valence-electron chi connectivity index (χ3n) is 5.93. The molecule has 1 aromatic heterocycles. The van der Waals surface area contributed by atoms with E-state index in [4.69, 9.17) is 38.8 Å². The van der Waals surface area contributed by atoms with Gasteiger partial charge in [0.2, 0.25) is 5.91 Å². The van der Waals surface area contributed by atoms with E-state index in [0.29, 0.717) is 34.3 Å². The highest BCUT2D eigenvalue weighted by Gasteiger charge is 2.34. The predicted molar refractivity (Wildman–Crippen MR) is 128 cm³/mol. The van der Waals surface area contributed by atoms with Crippen LogP contribution >= 0.6 is 23.2 Å². The Morgan fingerprint density at radius 2 is 2.00 bits per heavy atom. The van der Waals surface area contributed by atoms with Crippen LogP contribution in [0, 0.1) is 0 Å². The Morgan fingerprint density at radius 1 is 1.24 bits per heavy atom. The fourth-order valence-corrected chi connectivity index (χ4v) is 5.00. The molecule has 1 atom stereocenters. The lowest BCUT2D eigenvalue weighted by Gasteiger charge is -2.33. The van der Waals surface area contributed by atoms with Gasteiger partial charge in [-0.3, -0.25) is 14.3 Å². The van der Waals surface area contributed by atoms with Crippen LogP contribution in [0.1, 0.15) is 40.1 Å². The summed E-state index contributed by atoms with van der Waals surface area (Å²) in [4.78, 5) is 26.5. The number of carbonyl (C=O) groups is 2. The minimum Gasteiger partial charge on any atom is -0.495 e. The molecule has 0 saturated heterocycles. The van der Waals surface area contributed by atoms with Crippen molar-refractivity contribution in [1.29, 1.82) is 0 Å². The number of carbonyl (C=O) groups excluding carboxylic acids is 2. The van der Waals surface area contributed by atoms with Crippen molar-refractivity contribution in [3.8, 4) is 17.0 Å². The number of benzene rings is 2. The molecule has 7 nitrogen and oxygen atoms in total. The van der Waals surface area contributed by atoms with Crippen molar-refractivity contribution in [2.45, 2.75) is 25.8 Å². The summed E-state index contributed by atoms with van der Waals surface area (Å²) in [6, 6.07) is 10.4. The number of amides is 2. The van der Waals surface area contributed by atoms with E-state index in [1.54, 1.807) is 33.8 Å². The number of fused-ring (bicyclic) bond motifs is 1. The molecule has 4 rings (SSSR count). The van der Waals surface area contributed by atoms with Gasteiger partial charge in [-0.2, -0.15) is 5.10 Å². The molecule has 0 radical (unpaired) electrons. The Morgan fingerprint density at radius 3 is 2.70 bits per heavy atom. The predicted octanol–water partition coefficient (Wildman–Crippen LogP) is 4.19. The SMILES string of the molecule is COc1cccc(C(=O)N2CCc3c(nn(C)c3-c3cc(Cl)cc(CC(N)=O)c3)[C@H]2C)c1Cl. The van der Waals surface area contributed by atoms with Crippen molar-refractivity contribution in [2.24, 2.45) is 12.8 Å². The van der Waals surface area contributed by atoms with Gasteiger partial charge in [0.25, 0.3) is 5.91 Å². The van der Waals surface area contributed by atoms with Gasteiger partial charge >= 0.3 is 0 Å². The first-order valence-electron chi connectivity index (χ1n) is 10.5. The first-order valence-corrected chi connectivity index (χ1v) is 11.2. The van der Waals surface area contributed by atoms with E-state index in [9.17, 15) is 9.59 Å². The topological polar surface area (TPSA) is 90.4 Å². The Balaban J connectivity index is 1.70. The number of primary amides is 1. The molecule has 33 heavy (non-hydrogen) atoms. The van der Waals surface area contributed by atoms with Gasteiger partial charge in [-0.1, -0.05) is 29.3 Å². The number of ether oxygens (including phenoxy) is 1. The van der Waals surface area contributed by atoms with Crippen LogP contribution in [-0.2, 0) is 24.7 Å². The normalized spacial score (nSPS) is 15.3. The van der Waals surface area contributed by atoms with Gasteiger partial charge in [-0.25, -0.2) is 0 Å². The second kappa shape index (κ2) is 9.08. The second-order valence-corrected chi connectivity index (χ2v) is 8.89. The van der Waals surface area contributed by atoms with E-state index >= 15 is 0 Å². The van der Waals surface area contributed by atoms with Gasteiger partial charge in [-0.05, 0) is 49.2 Å². The van der Waals surface area contributed by atoms with E-state index in [1.807, 2.05) is 26.1 Å². The molecule has 9 heteroatoms. The minimum absolute atomic E-state index is 0.105. The maximum absolute atomic E-state index is 13.4. The molecule has 0 aliphatic carbocycles. The lowest BCUT2D eigenvalue weighted by molar-refractivity contribution is -0.117. The van der Waals surface area contributed by atoms with Gasteiger partial charge < -0.3 is 15.4 Å². The van der Waals surface area contributed by atoms with E-state index in [0.717, 1.165) is 28.1 Å². The summed E-state index contributed by atoms with van der Waals surface area (Å²) in [6.45, 7) is 2.46. The summed E-state index contributed by atoms with van der Waals surface area (Å²) >= 11 is 12.7. The van der Waals surface area contributed by atoms with Crippen LogP contribution in [0.3, 0.4) is 0 Å². The monoisotopic (exact) mass is 486 g/mol. The van der Waals surface area contributed by atoms with Gasteiger partial charge in [0.1, 0.15) is 5.75 Å². The molecule has 1 aliphatic heterocycles. The van der Waals surface area contributed by atoms with Crippen molar-refractivity contribution in [1.82, 2.24) is 14.7 Å². The number of nitrogens with two attached hydrogens (primary N) is 1. The zero-order valence-electron chi connectivity index (χ0n) is 18.6. The number of methoxy groups -OCH3 is 1. The number of hydrogen-bond acceptors (Lipinski definition) is 4. The number of rotatable bonds is 5. The number of nitrogens with zero attached hydrogens (tertiary/aromatic N) is 3. The van der Waals surface area contributed by atoms with Crippen LogP contribution in [0.4, 0.5) is 0 Å². The third-order valence-corrected chi connectivity index (χ3v) is 6.53. The lowest BCUT2D eigenvalue weighted by Crippen LogP contribution is -2.39. The maximum atomic E-state index is 13.4. The molecule has 1 aliphatic rings. The highest BCUT2D eigenvalue weighted by atomic mass is 35.5. The Labute approximate surface area is 202 Å². The highest BCUT2D eigenvalue weighted by molar-refractivity contribution is 6.35. The number of aromatic nitrogens is 2. The van der Waals surface area contributed by atoms with Crippen LogP contribution in [0.15, 0.2) is 36.4 Å². The Kier molecular flexibility index (Phi) is 6.36. The zero-order chi connectivity index (χ0) is 23.9. The molecular formula is C24H24Cl2N4O3. The van der Waals surface area contributed by atoms with Crippen molar-refractivity contribution in [2.75, 3.05) is 13.7 Å². The Hall–Kier alpha value is -3.03. The summed E-state index contributed by atoms with van der Waals surface area (Å²) in [5.74, 6) is -0.134. The summed E-state index contributed by atoms with van der Waals surface area (Å²) in [5.41, 5.74) is 10.2. The van der Waals surface area contributed by atoms with Gasteiger partial charge in [0.15, 0.2) is 0 Å². The van der Waals surface area contributed by atoms with Crippen molar-refractivity contribution < 1.29 is 14.3 Å². The van der Waals surface area contributed by atoms with E-state index in [1.165, 1.54) is 7.11 Å². The molecule has 2 aromatic carbocycles. The zero-order valence-corrected chi connectivity index (χ0v) is 20.1. The van der Waals surface area contributed by atoms with Gasteiger partial charge in [0.05, 0.1) is 41.5 Å². The van der Waals surface area contributed by atoms with E-state index in [2.05, 4.69) is 0 Å². The molecule has 0 fully saturated rings. The van der Waals surface area contributed by atoms with Gasteiger partial charge in [0, 0.05) is 29.7 Å². The number of halogens is 2. The molecule has 0 spiro atoms. The largest absolute Gasteiger partial charge is 0.495 e. The summed E-state index contributed by atoms with van der Waals surface area (Å²) in [6.07, 6.45) is 0.724. The molecule has 2 heterocycles. The Bertz CT molecular complexity index is 1250. The van der Waals surface area contributed by atoms with E-state index < -0.39 is 5.91 Å². The lowest BCUT2D eigenvalue weighted by atomic mass is 9.94. The van der Waals surface area contributed by atoms with E-state index in [-0.39, 0.29) is 18.4 Å². The maximum Gasteiger partial charge on any atom is 0.256 e. The molecule has 2 N–H and O–H groups in total. The third kappa shape index (κ3) is 4.30. The minimum atomic E-state index is -0.422. The standard InChI is InChI=1S/C24H24Cl2N4O3/c1-13-22-18(7-8-30(13)24(32)17-5-4-6-19(33-3)21(17)26)23(29(2)28-22)15-9-14(11-20(27)31)10-16(25)12-15/h4-6,9-10,12-13H,7-8,11H2,1-3H3,(H2,27,31)/t13-/m1/s1. The summed E-state index contributed by atoms with van der Waals surface area (Å²) in [7, 11) is 3.38. The van der Waals surface area contributed by atoms with Crippen LogP contribution < -0.4 is 10.5 Å². The van der Waals surface area contributed by atoms with Crippen molar-refractivity contribution in [3.63, 3.8) is 0 Å². The smallest absolute Gasteiger partial charge is 0.256 e. The molecule has 0 unspecified atom stereocenters. The van der Waals surface area contributed by atoms with Crippen LogP contribution in [0.5, 0.6) is 5.75 Å². The average molecular weight is 487 g/mol. The summed E-state index contributed by atoms with van der Waals surface area (Å²) in [5, 5.41) is 5.56. The molecule has 0 saturated carbocycles. The molecular weight excluding hydrogens is 463 g/mol. The fraction of sp³-hybridized carbons (Fsp3) is 0.292.